The van der Waals surface area contributed by atoms with Gasteiger partial charge < -0.3 is 5.32 Å². The van der Waals surface area contributed by atoms with Gasteiger partial charge in [-0.1, -0.05) is 6.42 Å². The first kappa shape index (κ1) is 13.0. The zero-order valence-corrected chi connectivity index (χ0v) is 11.8. The number of thiazole rings is 1. The normalized spacial score (nSPS) is 14.4. The lowest BCUT2D eigenvalue weighted by atomic mass is 10.2. The van der Waals surface area contributed by atoms with Gasteiger partial charge in [0.25, 0.3) is 0 Å². The van der Waals surface area contributed by atoms with Gasteiger partial charge in [-0.05, 0) is 25.7 Å². The molecule has 1 aliphatic rings. The number of aromatic nitrogens is 4. The number of hydrogen-bond donors (Lipinski definition) is 3. The second kappa shape index (κ2) is 6.00. The minimum Gasteiger partial charge on any atom is -0.331 e. The average Bonchev–Trinajstić information content (AvgIpc) is 3.03. The van der Waals surface area contributed by atoms with Gasteiger partial charge in [-0.2, -0.15) is 5.10 Å². The molecule has 7 nitrogen and oxygen atoms in total. The van der Waals surface area contributed by atoms with Crippen molar-refractivity contribution < 1.29 is 4.79 Å². The van der Waals surface area contributed by atoms with Gasteiger partial charge in [0.05, 0.1) is 12.2 Å². The molecular formula is C12H16N6OS. The summed E-state index contributed by atoms with van der Waals surface area (Å²) in [6, 6.07) is -0.273. The fourth-order valence-corrected chi connectivity index (χ4v) is 3.25. The summed E-state index contributed by atoms with van der Waals surface area (Å²) in [5.74, 6) is 0.620. The maximum atomic E-state index is 11.8. The molecule has 2 heterocycles. The molecule has 0 radical (unpaired) electrons. The van der Waals surface area contributed by atoms with E-state index in [0.29, 0.717) is 17.5 Å². The van der Waals surface area contributed by atoms with Gasteiger partial charge in [-0.25, -0.2) is 14.8 Å². The van der Waals surface area contributed by atoms with Crippen LogP contribution in [0.5, 0.6) is 0 Å². The summed E-state index contributed by atoms with van der Waals surface area (Å²) >= 11 is 1.58. The van der Waals surface area contributed by atoms with E-state index in [1.165, 1.54) is 30.5 Å². The Hall–Kier alpha value is -1.96. The summed E-state index contributed by atoms with van der Waals surface area (Å²) in [5, 5.41) is 12.6. The first-order valence-corrected chi connectivity index (χ1v) is 7.50. The summed E-state index contributed by atoms with van der Waals surface area (Å²) in [6.07, 6.45) is 7.18. The van der Waals surface area contributed by atoms with Crippen LogP contribution in [0.1, 0.15) is 35.7 Å². The highest BCUT2D eigenvalue weighted by Gasteiger charge is 2.15. The Bertz CT molecular complexity index is 555. The number of nitrogens with one attached hydrogen (secondary N) is 3. The van der Waals surface area contributed by atoms with E-state index in [-0.39, 0.29) is 6.03 Å². The predicted molar refractivity (Wildman–Crippen MR) is 75.6 cm³/mol. The maximum Gasteiger partial charge on any atom is 0.321 e. The third-order valence-corrected chi connectivity index (χ3v) is 4.27. The van der Waals surface area contributed by atoms with Gasteiger partial charge >= 0.3 is 6.03 Å². The number of urea groups is 1. The molecule has 3 N–H and O–H groups in total. The molecule has 106 valence electrons. The molecule has 0 aromatic carbocycles. The Morgan fingerprint density at radius 3 is 3.10 bits per heavy atom. The van der Waals surface area contributed by atoms with Crippen molar-refractivity contribution in [1.82, 2.24) is 25.5 Å². The topological polar surface area (TPSA) is 95.6 Å². The lowest BCUT2D eigenvalue weighted by Gasteiger charge is -2.02. The van der Waals surface area contributed by atoms with Crippen LogP contribution in [0, 0.1) is 0 Å². The van der Waals surface area contributed by atoms with Gasteiger partial charge in [0.15, 0.2) is 5.13 Å². The fraction of sp³-hybridized carbons (Fsp3) is 0.500. The molecule has 2 aromatic rings. The van der Waals surface area contributed by atoms with E-state index in [9.17, 15) is 4.79 Å². The Morgan fingerprint density at radius 2 is 2.25 bits per heavy atom. The third kappa shape index (κ3) is 3.13. The van der Waals surface area contributed by atoms with Crippen LogP contribution in [0.25, 0.3) is 0 Å². The second-order valence-corrected chi connectivity index (χ2v) is 5.77. The summed E-state index contributed by atoms with van der Waals surface area (Å²) in [4.78, 5) is 21.5. The summed E-state index contributed by atoms with van der Waals surface area (Å²) in [5.41, 5.74) is 1.15. The summed E-state index contributed by atoms with van der Waals surface area (Å²) in [7, 11) is 0. The molecule has 0 atom stereocenters. The molecule has 3 rings (SSSR count). The molecule has 0 bridgehead atoms. The van der Waals surface area contributed by atoms with Gasteiger partial charge in [0, 0.05) is 4.88 Å². The molecular weight excluding hydrogens is 276 g/mol. The van der Waals surface area contributed by atoms with E-state index in [1.807, 2.05) is 0 Å². The monoisotopic (exact) mass is 292 g/mol. The zero-order chi connectivity index (χ0) is 13.8. The number of hydrogen-bond acceptors (Lipinski definition) is 5. The minimum atomic E-state index is -0.273. The van der Waals surface area contributed by atoms with Crippen LogP contribution in [0.3, 0.4) is 0 Å². The molecule has 0 spiro atoms. The fourth-order valence-electron chi connectivity index (χ4n) is 2.20. The van der Waals surface area contributed by atoms with Crippen molar-refractivity contribution in [2.75, 3.05) is 5.32 Å². The quantitative estimate of drug-likeness (QED) is 0.752. The van der Waals surface area contributed by atoms with Crippen LogP contribution in [0.2, 0.25) is 0 Å². The van der Waals surface area contributed by atoms with Crippen molar-refractivity contribution >= 4 is 22.5 Å². The first-order valence-electron chi connectivity index (χ1n) is 6.69. The number of anilines is 1. The highest BCUT2D eigenvalue weighted by atomic mass is 32.1. The highest BCUT2D eigenvalue weighted by Crippen LogP contribution is 2.28. The van der Waals surface area contributed by atoms with Crippen LogP contribution in [0.15, 0.2) is 6.33 Å². The number of rotatable bonds is 3. The number of H-pyrrole nitrogens is 1. The Labute approximate surface area is 120 Å². The van der Waals surface area contributed by atoms with Crippen LogP contribution >= 0.6 is 11.3 Å². The highest BCUT2D eigenvalue weighted by molar-refractivity contribution is 7.15. The summed E-state index contributed by atoms with van der Waals surface area (Å²) < 4.78 is 0. The molecule has 0 fully saturated rings. The average molecular weight is 292 g/mol. The third-order valence-electron chi connectivity index (χ3n) is 3.20. The molecule has 0 unspecified atom stereocenters. The molecule has 1 aliphatic carbocycles. The van der Waals surface area contributed by atoms with Crippen molar-refractivity contribution in [1.29, 1.82) is 0 Å². The van der Waals surface area contributed by atoms with E-state index in [2.05, 4.69) is 30.8 Å². The lowest BCUT2D eigenvalue weighted by molar-refractivity contribution is 0.251. The molecule has 8 heteroatoms. The molecule has 0 saturated carbocycles. The Kier molecular flexibility index (Phi) is 3.91. The maximum absolute atomic E-state index is 11.8. The molecule has 2 amide bonds. The first-order chi connectivity index (χ1) is 9.81. The number of carbonyl (C=O) groups excluding carboxylic acids is 1. The van der Waals surface area contributed by atoms with E-state index in [1.54, 1.807) is 11.3 Å². The molecule has 0 saturated heterocycles. The number of fused-ring (bicyclic) bond motifs is 1. The standard InChI is InChI=1S/C12H16N6OS/c19-11(13-6-10-14-7-15-18-10)17-12-16-8-4-2-1-3-5-9(8)20-12/h7H,1-6H2,(H,14,15,18)(H2,13,16,17,19). The second-order valence-electron chi connectivity index (χ2n) is 4.69. The van der Waals surface area contributed by atoms with Crippen LogP contribution in [-0.4, -0.2) is 26.2 Å². The van der Waals surface area contributed by atoms with E-state index >= 15 is 0 Å². The van der Waals surface area contributed by atoms with Crippen LogP contribution in [-0.2, 0) is 19.4 Å². The van der Waals surface area contributed by atoms with E-state index < -0.39 is 0 Å². The van der Waals surface area contributed by atoms with Crippen molar-refractivity contribution in [3.63, 3.8) is 0 Å². The van der Waals surface area contributed by atoms with Gasteiger partial charge in [0.1, 0.15) is 12.2 Å². The Balaban J connectivity index is 1.56. The zero-order valence-electron chi connectivity index (χ0n) is 11.0. The van der Waals surface area contributed by atoms with Crippen molar-refractivity contribution in [2.45, 2.75) is 38.6 Å². The van der Waals surface area contributed by atoms with Gasteiger partial charge in [0.2, 0.25) is 0 Å². The van der Waals surface area contributed by atoms with Crippen molar-refractivity contribution in [3.05, 3.63) is 22.7 Å². The van der Waals surface area contributed by atoms with Crippen molar-refractivity contribution in [2.24, 2.45) is 0 Å². The number of aryl methyl sites for hydroxylation is 2. The van der Waals surface area contributed by atoms with E-state index in [0.717, 1.165) is 18.5 Å². The van der Waals surface area contributed by atoms with Crippen molar-refractivity contribution in [3.8, 4) is 0 Å². The Morgan fingerprint density at radius 1 is 1.35 bits per heavy atom. The van der Waals surface area contributed by atoms with Crippen LogP contribution in [0.4, 0.5) is 9.93 Å². The van der Waals surface area contributed by atoms with Gasteiger partial charge in [-0.3, -0.25) is 10.4 Å². The lowest BCUT2D eigenvalue weighted by Crippen LogP contribution is -2.28. The number of carbonyl (C=O) groups is 1. The van der Waals surface area contributed by atoms with Gasteiger partial charge in [-0.15, -0.1) is 11.3 Å². The smallest absolute Gasteiger partial charge is 0.321 e. The predicted octanol–water partition coefficient (Wildman–Crippen LogP) is 1.85. The minimum absolute atomic E-state index is 0.273. The number of amides is 2. The molecule has 2 aromatic heterocycles. The number of nitrogens with zero attached hydrogens (tertiary/aromatic N) is 3. The van der Waals surface area contributed by atoms with Crippen LogP contribution < -0.4 is 10.6 Å². The number of aromatic amines is 1. The summed E-state index contributed by atoms with van der Waals surface area (Å²) in [6.45, 7) is 0.316. The molecule has 20 heavy (non-hydrogen) atoms. The van der Waals surface area contributed by atoms with E-state index in [4.69, 9.17) is 0 Å². The molecule has 0 aliphatic heterocycles. The largest absolute Gasteiger partial charge is 0.331 e. The SMILES string of the molecule is O=C(NCc1ncn[nH]1)Nc1nc2c(s1)CCCCC2.